The number of aromatic nitrogens is 1. The Morgan fingerprint density at radius 1 is 1.30 bits per heavy atom. The van der Waals surface area contributed by atoms with Gasteiger partial charge in [0, 0.05) is 19.0 Å². The van der Waals surface area contributed by atoms with E-state index in [-0.39, 0.29) is 16.6 Å². The van der Waals surface area contributed by atoms with Crippen molar-refractivity contribution in [3.8, 4) is 0 Å². The number of nitrogens with one attached hydrogen (secondary N) is 1. The van der Waals surface area contributed by atoms with Crippen molar-refractivity contribution in [2.24, 2.45) is 0 Å². The lowest BCUT2D eigenvalue weighted by atomic mass is 10.3. The minimum atomic E-state index is -3.75. The molecule has 122 valence electrons. The first-order valence-electron chi connectivity index (χ1n) is 7.23. The maximum absolute atomic E-state index is 12.4. The molecule has 3 rings (SSSR count). The Kier molecular flexibility index (Phi) is 3.85. The molecule has 2 aromatic rings. The molecule has 0 saturated carbocycles. The van der Waals surface area contributed by atoms with E-state index in [0.29, 0.717) is 30.2 Å². The highest BCUT2D eigenvalue weighted by Gasteiger charge is 2.23. The van der Waals surface area contributed by atoms with E-state index in [1.54, 1.807) is 30.9 Å². The predicted octanol–water partition coefficient (Wildman–Crippen LogP) is 2.22. The van der Waals surface area contributed by atoms with E-state index >= 15 is 0 Å². The van der Waals surface area contributed by atoms with Gasteiger partial charge in [-0.3, -0.25) is 9.52 Å². The number of aryl methyl sites for hydroxylation is 2. The molecule has 0 spiro atoms. The van der Waals surface area contributed by atoms with Crippen LogP contribution in [0.5, 0.6) is 0 Å². The normalized spacial score (nSPS) is 15.2. The first-order valence-corrected chi connectivity index (χ1v) is 8.71. The fourth-order valence-electron chi connectivity index (χ4n) is 2.59. The monoisotopic (exact) mass is 335 g/mol. The largest absolute Gasteiger partial charge is 0.465 e. The summed E-state index contributed by atoms with van der Waals surface area (Å²) >= 11 is 0. The molecule has 0 radical (unpaired) electrons. The molecule has 3 heterocycles. The quantitative estimate of drug-likeness (QED) is 0.925. The van der Waals surface area contributed by atoms with Gasteiger partial charge < -0.3 is 9.32 Å². The number of nitrogens with zero attached hydrogens (tertiary/aromatic N) is 2. The maximum Gasteiger partial charge on any atom is 0.266 e. The molecule has 0 unspecified atom stereocenters. The van der Waals surface area contributed by atoms with Crippen molar-refractivity contribution in [2.75, 3.05) is 16.2 Å². The lowest BCUT2D eigenvalue weighted by molar-refractivity contribution is -0.117. The van der Waals surface area contributed by atoms with Crippen molar-refractivity contribution in [2.45, 2.75) is 31.6 Å². The van der Waals surface area contributed by atoms with Gasteiger partial charge in [0.1, 0.15) is 22.2 Å². The number of anilines is 2. The summed E-state index contributed by atoms with van der Waals surface area (Å²) in [6.07, 6.45) is 2.86. The summed E-state index contributed by atoms with van der Waals surface area (Å²) in [6, 6.07) is 4.69. The summed E-state index contributed by atoms with van der Waals surface area (Å²) in [7, 11) is -3.75. The van der Waals surface area contributed by atoms with Gasteiger partial charge >= 0.3 is 0 Å². The Labute approximate surface area is 134 Å². The van der Waals surface area contributed by atoms with E-state index in [4.69, 9.17) is 4.42 Å². The van der Waals surface area contributed by atoms with Crippen molar-refractivity contribution in [1.29, 1.82) is 0 Å². The van der Waals surface area contributed by atoms with Crippen LogP contribution >= 0.6 is 0 Å². The number of pyridine rings is 1. The summed E-state index contributed by atoms with van der Waals surface area (Å²) in [5.41, 5.74) is 0.672. The molecular formula is C15H17N3O4S. The lowest BCUT2D eigenvalue weighted by Crippen LogP contribution is -2.23. The molecule has 8 heteroatoms. The van der Waals surface area contributed by atoms with Crippen LogP contribution in [0.3, 0.4) is 0 Å². The van der Waals surface area contributed by atoms with Gasteiger partial charge in [-0.15, -0.1) is 0 Å². The van der Waals surface area contributed by atoms with Crippen LogP contribution in [0, 0.1) is 13.8 Å². The molecule has 1 aliphatic rings. The summed E-state index contributed by atoms with van der Waals surface area (Å²) in [4.78, 5) is 17.5. The summed E-state index contributed by atoms with van der Waals surface area (Å²) in [5.74, 6) is 1.11. The number of carbonyl (C=O) groups excluding carboxylic acids is 1. The first-order chi connectivity index (χ1) is 10.9. The van der Waals surface area contributed by atoms with Crippen LogP contribution < -0.4 is 9.62 Å². The Morgan fingerprint density at radius 2 is 2.09 bits per heavy atom. The molecule has 0 atom stereocenters. The standard InChI is InChI=1S/C15H17N3O4S/c1-10-8-13(11(2)22-10)23(20,21)17-14-6-5-12(9-16-14)18-7-3-4-15(18)19/h5-6,8-9H,3-4,7H2,1-2H3,(H,16,17). The molecule has 1 aliphatic heterocycles. The molecule has 1 amide bonds. The second-order valence-corrected chi connectivity index (χ2v) is 7.08. The smallest absolute Gasteiger partial charge is 0.266 e. The van der Waals surface area contributed by atoms with Gasteiger partial charge in [-0.25, -0.2) is 13.4 Å². The van der Waals surface area contributed by atoms with Crippen molar-refractivity contribution >= 4 is 27.4 Å². The van der Waals surface area contributed by atoms with E-state index in [9.17, 15) is 13.2 Å². The van der Waals surface area contributed by atoms with Gasteiger partial charge in [0.05, 0.1) is 11.9 Å². The van der Waals surface area contributed by atoms with Crippen LogP contribution in [0.15, 0.2) is 33.7 Å². The zero-order valence-electron chi connectivity index (χ0n) is 12.9. The van der Waals surface area contributed by atoms with Crippen LogP contribution in [0.2, 0.25) is 0 Å². The second kappa shape index (κ2) is 5.69. The molecule has 7 nitrogen and oxygen atoms in total. The molecule has 0 aromatic carbocycles. The van der Waals surface area contributed by atoms with E-state index in [1.807, 2.05) is 0 Å². The third-order valence-electron chi connectivity index (χ3n) is 3.66. The average molecular weight is 335 g/mol. The zero-order chi connectivity index (χ0) is 16.6. The number of rotatable bonds is 4. The summed E-state index contributed by atoms with van der Waals surface area (Å²) in [5, 5.41) is 0. The van der Waals surface area contributed by atoms with Gasteiger partial charge in [0.15, 0.2) is 0 Å². The topological polar surface area (TPSA) is 92.5 Å². The van der Waals surface area contributed by atoms with Crippen LogP contribution in [0.25, 0.3) is 0 Å². The van der Waals surface area contributed by atoms with Crippen molar-refractivity contribution in [1.82, 2.24) is 4.98 Å². The highest BCUT2D eigenvalue weighted by atomic mass is 32.2. The van der Waals surface area contributed by atoms with Crippen molar-refractivity contribution < 1.29 is 17.6 Å². The molecule has 0 aliphatic carbocycles. The van der Waals surface area contributed by atoms with Gasteiger partial charge in [-0.05, 0) is 32.4 Å². The molecule has 23 heavy (non-hydrogen) atoms. The second-order valence-electron chi connectivity index (χ2n) is 5.43. The molecule has 2 aromatic heterocycles. The van der Waals surface area contributed by atoms with Crippen LogP contribution in [-0.4, -0.2) is 25.9 Å². The Morgan fingerprint density at radius 3 is 2.61 bits per heavy atom. The fourth-order valence-corrected chi connectivity index (χ4v) is 3.84. The Balaban J connectivity index is 1.80. The lowest BCUT2D eigenvalue weighted by Gasteiger charge is -2.15. The van der Waals surface area contributed by atoms with E-state index in [0.717, 1.165) is 6.42 Å². The Hall–Kier alpha value is -2.35. The molecule has 1 N–H and O–H groups in total. The molecular weight excluding hydrogens is 318 g/mol. The molecule has 1 fully saturated rings. The number of hydrogen-bond donors (Lipinski definition) is 1. The highest BCUT2D eigenvalue weighted by Crippen LogP contribution is 2.24. The SMILES string of the molecule is Cc1cc(S(=O)(=O)Nc2ccc(N3CCCC3=O)cn2)c(C)o1. The summed E-state index contributed by atoms with van der Waals surface area (Å²) in [6.45, 7) is 3.95. The van der Waals surface area contributed by atoms with E-state index in [2.05, 4.69) is 9.71 Å². The highest BCUT2D eigenvalue weighted by molar-refractivity contribution is 7.92. The molecule has 1 saturated heterocycles. The maximum atomic E-state index is 12.4. The first kappa shape index (κ1) is 15.5. The van der Waals surface area contributed by atoms with E-state index in [1.165, 1.54) is 12.3 Å². The van der Waals surface area contributed by atoms with Gasteiger partial charge in [-0.2, -0.15) is 0 Å². The number of amides is 1. The molecule has 0 bridgehead atoms. The minimum Gasteiger partial charge on any atom is -0.465 e. The van der Waals surface area contributed by atoms with Crippen LogP contribution in [0.1, 0.15) is 24.4 Å². The van der Waals surface area contributed by atoms with Crippen molar-refractivity contribution in [3.63, 3.8) is 0 Å². The van der Waals surface area contributed by atoms with E-state index < -0.39 is 10.0 Å². The third-order valence-corrected chi connectivity index (χ3v) is 5.12. The van der Waals surface area contributed by atoms with Gasteiger partial charge in [0.25, 0.3) is 10.0 Å². The predicted molar refractivity (Wildman–Crippen MR) is 84.8 cm³/mol. The zero-order valence-corrected chi connectivity index (χ0v) is 13.7. The van der Waals surface area contributed by atoms with Gasteiger partial charge in [0.2, 0.25) is 5.91 Å². The average Bonchev–Trinajstić information content (AvgIpc) is 3.05. The van der Waals surface area contributed by atoms with Crippen molar-refractivity contribution in [3.05, 3.63) is 35.9 Å². The van der Waals surface area contributed by atoms with Gasteiger partial charge in [-0.1, -0.05) is 0 Å². The van der Waals surface area contributed by atoms with Crippen LogP contribution in [0.4, 0.5) is 11.5 Å². The number of hydrogen-bond acceptors (Lipinski definition) is 5. The minimum absolute atomic E-state index is 0.0598. The number of carbonyl (C=O) groups is 1. The number of sulfonamides is 1. The number of furan rings is 1. The fraction of sp³-hybridized carbons (Fsp3) is 0.333. The Bertz CT molecular complexity index is 840. The van der Waals surface area contributed by atoms with Crippen LogP contribution in [-0.2, 0) is 14.8 Å². The summed E-state index contributed by atoms with van der Waals surface area (Å²) < 4.78 is 32.4. The third kappa shape index (κ3) is 3.07.